The number of imidazole rings is 2. The fourth-order valence-electron chi connectivity index (χ4n) is 3.98. The molecule has 0 spiro atoms. The SMILES string of the molecule is Cn1c(=O)n(CCCO)c(=O)c2c1nc1n(-c3ccc(F)cc3)c(-c3ccccc3)cn21. The van der Waals surface area contributed by atoms with Crippen LogP contribution in [-0.2, 0) is 13.6 Å². The van der Waals surface area contributed by atoms with Crippen molar-refractivity contribution in [3.63, 3.8) is 0 Å². The highest BCUT2D eigenvalue weighted by Crippen LogP contribution is 2.28. The summed E-state index contributed by atoms with van der Waals surface area (Å²) in [4.78, 5) is 30.6. The van der Waals surface area contributed by atoms with Crippen LogP contribution in [0, 0.1) is 5.82 Å². The summed E-state index contributed by atoms with van der Waals surface area (Å²) in [5.74, 6) is 0.0679. The van der Waals surface area contributed by atoms with Crippen LogP contribution in [0.4, 0.5) is 4.39 Å². The maximum atomic E-state index is 13.6. The molecule has 0 aliphatic rings. The van der Waals surface area contributed by atoms with Crippen LogP contribution in [-0.4, -0.2) is 34.8 Å². The number of aromatic nitrogens is 5. The average Bonchev–Trinajstić information content (AvgIpc) is 3.35. The molecule has 0 bridgehead atoms. The van der Waals surface area contributed by atoms with Crippen LogP contribution in [0.15, 0.2) is 70.4 Å². The average molecular weight is 433 g/mol. The molecule has 9 heteroatoms. The predicted molar refractivity (Wildman–Crippen MR) is 119 cm³/mol. The molecule has 0 aliphatic carbocycles. The summed E-state index contributed by atoms with van der Waals surface area (Å²) in [6, 6.07) is 15.6. The summed E-state index contributed by atoms with van der Waals surface area (Å²) in [7, 11) is 1.56. The Morgan fingerprint density at radius 3 is 2.44 bits per heavy atom. The van der Waals surface area contributed by atoms with Crippen molar-refractivity contribution >= 4 is 16.9 Å². The molecule has 1 N–H and O–H groups in total. The Hall–Kier alpha value is -3.98. The van der Waals surface area contributed by atoms with Gasteiger partial charge in [-0.05, 0) is 30.7 Å². The van der Waals surface area contributed by atoms with Crippen LogP contribution in [0.3, 0.4) is 0 Å². The van der Waals surface area contributed by atoms with Gasteiger partial charge in [-0.15, -0.1) is 0 Å². The van der Waals surface area contributed by atoms with Gasteiger partial charge in [-0.2, -0.15) is 4.98 Å². The Balaban J connectivity index is 1.90. The van der Waals surface area contributed by atoms with E-state index in [-0.39, 0.29) is 36.6 Å². The molecule has 0 amide bonds. The molecular formula is C23H20FN5O3. The molecule has 0 aliphatic heterocycles. The summed E-state index contributed by atoms with van der Waals surface area (Å²) in [6.07, 6.45) is 2.08. The summed E-state index contributed by atoms with van der Waals surface area (Å²) >= 11 is 0. The molecule has 5 aromatic rings. The summed E-state index contributed by atoms with van der Waals surface area (Å²) in [5.41, 5.74) is 1.87. The molecule has 3 heterocycles. The van der Waals surface area contributed by atoms with Gasteiger partial charge in [0.05, 0.1) is 5.69 Å². The van der Waals surface area contributed by atoms with Crippen molar-refractivity contribution in [3.05, 3.63) is 87.4 Å². The Bertz CT molecular complexity index is 1560. The third kappa shape index (κ3) is 2.97. The molecule has 162 valence electrons. The van der Waals surface area contributed by atoms with Crippen molar-refractivity contribution in [2.75, 3.05) is 6.61 Å². The second kappa shape index (κ2) is 7.61. The molecule has 0 saturated heterocycles. The first-order valence-corrected chi connectivity index (χ1v) is 10.2. The van der Waals surface area contributed by atoms with Crippen molar-refractivity contribution in [2.45, 2.75) is 13.0 Å². The van der Waals surface area contributed by atoms with Crippen molar-refractivity contribution in [3.8, 4) is 16.9 Å². The van der Waals surface area contributed by atoms with E-state index in [4.69, 9.17) is 5.11 Å². The second-order valence-electron chi connectivity index (χ2n) is 7.52. The molecule has 3 aromatic heterocycles. The molecule has 2 aromatic carbocycles. The van der Waals surface area contributed by atoms with E-state index in [1.807, 2.05) is 34.9 Å². The first-order chi connectivity index (χ1) is 15.5. The van der Waals surface area contributed by atoms with Gasteiger partial charge < -0.3 is 5.11 Å². The Morgan fingerprint density at radius 2 is 1.75 bits per heavy atom. The number of aliphatic hydroxyl groups is 1. The number of rotatable bonds is 5. The Kier molecular flexibility index (Phi) is 4.75. The number of halogens is 1. The zero-order valence-corrected chi connectivity index (χ0v) is 17.3. The molecule has 32 heavy (non-hydrogen) atoms. The molecule has 0 unspecified atom stereocenters. The molecule has 5 rings (SSSR count). The predicted octanol–water partition coefficient (Wildman–Crippen LogP) is 2.33. The van der Waals surface area contributed by atoms with Crippen LogP contribution >= 0.6 is 0 Å². The first kappa shape index (κ1) is 20.0. The highest BCUT2D eigenvalue weighted by molar-refractivity contribution is 5.79. The number of aryl methyl sites for hydroxylation is 1. The van der Waals surface area contributed by atoms with Gasteiger partial charge >= 0.3 is 5.69 Å². The standard InChI is InChI=1S/C23H20FN5O3/c1-26-20-19(21(31)27(23(26)32)12-5-13-30)28-14-18(15-6-3-2-4-7-15)29(22(28)25-20)17-10-8-16(24)9-11-17/h2-4,6-11,14,30H,5,12-13H2,1H3. The highest BCUT2D eigenvalue weighted by atomic mass is 19.1. The number of nitrogens with zero attached hydrogens (tertiary/aromatic N) is 5. The zero-order chi connectivity index (χ0) is 22.4. The van der Waals surface area contributed by atoms with Crippen LogP contribution in [0.1, 0.15) is 6.42 Å². The normalized spacial score (nSPS) is 11.6. The highest BCUT2D eigenvalue weighted by Gasteiger charge is 2.22. The van der Waals surface area contributed by atoms with E-state index in [0.29, 0.717) is 11.5 Å². The monoisotopic (exact) mass is 433 g/mol. The van der Waals surface area contributed by atoms with E-state index in [2.05, 4.69) is 4.98 Å². The summed E-state index contributed by atoms with van der Waals surface area (Å²) in [5, 5.41) is 9.16. The third-order valence-electron chi connectivity index (χ3n) is 5.54. The van der Waals surface area contributed by atoms with Gasteiger partial charge in [-0.1, -0.05) is 30.3 Å². The van der Waals surface area contributed by atoms with Crippen LogP contribution in [0.5, 0.6) is 0 Å². The van der Waals surface area contributed by atoms with Gasteiger partial charge in [0.2, 0.25) is 5.78 Å². The quantitative estimate of drug-likeness (QED) is 0.461. The van der Waals surface area contributed by atoms with Crippen LogP contribution in [0.2, 0.25) is 0 Å². The van der Waals surface area contributed by atoms with E-state index >= 15 is 0 Å². The lowest BCUT2D eigenvalue weighted by Gasteiger charge is -2.09. The minimum Gasteiger partial charge on any atom is -0.396 e. The van der Waals surface area contributed by atoms with Crippen molar-refractivity contribution in [1.82, 2.24) is 23.1 Å². The minimum absolute atomic E-state index is 0.107. The van der Waals surface area contributed by atoms with Gasteiger partial charge in [0.1, 0.15) is 5.82 Å². The molecule has 0 radical (unpaired) electrons. The maximum Gasteiger partial charge on any atom is 0.332 e. The van der Waals surface area contributed by atoms with Gasteiger partial charge in [-0.25, -0.2) is 9.18 Å². The number of benzene rings is 2. The van der Waals surface area contributed by atoms with Crippen LogP contribution in [0.25, 0.3) is 33.9 Å². The lowest BCUT2D eigenvalue weighted by atomic mass is 10.1. The van der Waals surface area contributed by atoms with E-state index in [0.717, 1.165) is 15.8 Å². The lowest BCUT2D eigenvalue weighted by Crippen LogP contribution is -2.39. The smallest absolute Gasteiger partial charge is 0.332 e. The van der Waals surface area contributed by atoms with Crippen LogP contribution < -0.4 is 11.2 Å². The lowest BCUT2D eigenvalue weighted by molar-refractivity contribution is 0.277. The van der Waals surface area contributed by atoms with Crippen molar-refractivity contribution < 1.29 is 9.50 Å². The van der Waals surface area contributed by atoms with Gasteiger partial charge in [0.25, 0.3) is 5.56 Å². The fraction of sp³-hybridized carbons (Fsp3) is 0.174. The largest absolute Gasteiger partial charge is 0.396 e. The molecule has 0 fully saturated rings. The second-order valence-corrected chi connectivity index (χ2v) is 7.52. The third-order valence-corrected chi connectivity index (χ3v) is 5.54. The van der Waals surface area contributed by atoms with Crippen molar-refractivity contribution in [1.29, 1.82) is 0 Å². The Morgan fingerprint density at radius 1 is 1.03 bits per heavy atom. The summed E-state index contributed by atoms with van der Waals surface area (Å²) < 4.78 is 19.5. The molecule has 0 atom stereocenters. The van der Waals surface area contributed by atoms with E-state index in [1.54, 1.807) is 29.8 Å². The van der Waals surface area contributed by atoms with Gasteiger partial charge in [-0.3, -0.25) is 22.9 Å². The Labute approximate surface area is 181 Å². The zero-order valence-electron chi connectivity index (χ0n) is 17.3. The molecule has 8 nitrogen and oxygen atoms in total. The molecule has 0 saturated carbocycles. The van der Waals surface area contributed by atoms with E-state index in [1.165, 1.54) is 16.7 Å². The number of aliphatic hydroxyl groups excluding tert-OH is 1. The minimum atomic E-state index is -0.492. The van der Waals surface area contributed by atoms with E-state index in [9.17, 15) is 14.0 Å². The number of fused-ring (bicyclic) bond motifs is 3. The van der Waals surface area contributed by atoms with Gasteiger partial charge in [0.15, 0.2) is 11.2 Å². The van der Waals surface area contributed by atoms with Crippen molar-refractivity contribution in [2.24, 2.45) is 7.05 Å². The van der Waals surface area contributed by atoms with E-state index < -0.39 is 11.2 Å². The molecular weight excluding hydrogens is 413 g/mol. The summed E-state index contributed by atoms with van der Waals surface area (Å²) in [6.45, 7) is -0.0239. The first-order valence-electron chi connectivity index (χ1n) is 10.2. The number of hydrogen-bond donors (Lipinski definition) is 1. The fourth-order valence-corrected chi connectivity index (χ4v) is 3.98. The maximum absolute atomic E-state index is 13.6. The van der Waals surface area contributed by atoms with Gasteiger partial charge in [0, 0.05) is 37.6 Å². The number of hydrogen-bond acceptors (Lipinski definition) is 4. The topological polar surface area (TPSA) is 86.5 Å².